The van der Waals surface area contributed by atoms with E-state index in [0.29, 0.717) is 5.56 Å². The van der Waals surface area contributed by atoms with Crippen LogP contribution in [0, 0.1) is 0 Å². The average molecular weight is 168 g/mol. The van der Waals surface area contributed by atoms with Crippen molar-refractivity contribution in [3.8, 4) is 0 Å². The lowest BCUT2D eigenvalue weighted by Crippen LogP contribution is -2.10. The summed E-state index contributed by atoms with van der Waals surface area (Å²) < 4.78 is 4.57. The lowest BCUT2D eigenvalue weighted by Gasteiger charge is -2.04. The van der Waals surface area contributed by atoms with Crippen molar-refractivity contribution in [1.29, 1.82) is 0 Å². The highest BCUT2D eigenvalue weighted by molar-refractivity contribution is 5.90. The molecule has 0 aromatic carbocycles. The van der Waals surface area contributed by atoms with E-state index in [9.17, 15) is 4.79 Å². The van der Waals surface area contributed by atoms with Crippen molar-refractivity contribution in [3.05, 3.63) is 23.5 Å². The van der Waals surface area contributed by atoms with Gasteiger partial charge < -0.3 is 15.5 Å². The molecule has 4 nitrogen and oxygen atoms in total. The molecule has 0 saturated heterocycles. The van der Waals surface area contributed by atoms with Crippen molar-refractivity contribution in [2.75, 3.05) is 7.11 Å². The fourth-order valence-electron chi connectivity index (χ4n) is 1.04. The number of ether oxygens (including phenoxy) is 1. The maximum absolute atomic E-state index is 11.1. The third-order valence-electron chi connectivity index (χ3n) is 1.67. The second kappa shape index (κ2) is 3.40. The number of carbonyl (C=O) groups excluding carboxylic acids is 1. The van der Waals surface area contributed by atoms with Crippen molar-refractivity contribution >= 4 is 5.97 Å². The Balaban J connectivity index is 2.99. The number of H-pyrrole nitrogens is 1. The number of esters is 1. The summed E-state index contributed by atoms with van der Waals surface area (Å²) in [4.78, 5) is 13.9. The third-order valence-corrected chi connectivity index (χ3v) is 1.67. The minimum atomic E-state index is -0.358. The number of nitrogens with two attached hydrogens (primary N) is 1. The molecule has 1 aromatic heterocycles. The zero-order valence-corrected chi connectivity index (χ0v) is 7.13. The van der Waals surface area contributed by atoms with Crippen LogP contribution in [0.2, 0.25) is 0 Å². The van der Waals surface area contributed by atoms with Gasteiger partial charge >= 0.3 is 5.97 Å². The van der Waals surface area contributed by atoms with Crippen LogP contribution >= 0.6 is 0 Å². The maximum atomic E-state index is 11.1. The predicted molar refractivity (Wildman–Crippen MR) is 44.7 cm³/mol. The molecule has 3 N–H and O–H groups in total. The van der Waals surface area contributed by atoms with Crippen molar-refractivity contribution in [1.82, 2.24) is 4.98 Å². The monoisotopic (exact) mass is 168 g/mol. The van der Waals surface area contributed by atoms with Gasteiger partial charge in [0.1, 0.15) is 0 Å². The molecule has 1 aromatic rings. The number of rotatable bonds is 2. The molecule has 0 spiro atoms. The van der Waals surface area contributed by atoms with Crippen LogP contribution in [-0.2, 0) is 4.74 Å². The molecule has 66 valence electrons. The van der Waals surface area contributed by atoms with E-state index in [-0.39, 0.29) is 12.0 Å². The normalized spacial score (nSPS) is 12.6. The van der Waals surface area contributed by atoms with Gasteiger partial charge in [-0.05, 0) is 6.92 Å². The Morgan fingerprint density at radius 1 is 1.67 bits per heavy atom. The van der Waals surface area contributed by atoms with Gasteiger partial charge in [-0.25, -0.2) is 4.79 Å². The topological polar surface area (TPSA) is 68.1 Å². The van der Waals surface area contributed by atoms with Gasteiger partial charge in [-0.2, -0.15) is 0 Å². The van der Waals surface area contributed by atoms with Gasteiger partial charge in [-0.1, -0.05) is 0 Å². The van der Waals surface area contributed by atoms with E-state index in [1.54, 1.807) is 12.4 Å². The number of hydrogen-bond donors (Lipinski definition) is 2. The molecule has 1 atom stereocenters. The molecule has 0 fully saturated rings. The molecule has 0 amide bonds. The fourth-order valence-corrected chi connectivity index (χ4v) is 1.04. The second-order valence-corrected chi connectivity index (χ2v) is 2.60. The van der Waals surface area contributed by atoms with E-state index in [1.165, 1.54) is 7.11 Å². The van der Waals surface area contributed by atoms with Gasteiger partial charge in [-0.15, -0.1) is 0 Å². The van der Waals surface area contributed by atoms with E-state index in [1.807, 2.05) is 6.92 Å². The number of nitrogens with one attached hydrogen (secondary N) is 1. The van der Waals surface area contributed by atoms with Crippen molar-refractivity contribution < 1.29 is 9.53 Å². The summed E-state index contributed by atoms with van der Waals surface area (Å²) in [5, 5.41) is 0. The summed E-state index contributed by atoms with van der Waals surface area (Å²) in [7, 11) is 1.35. The summed E-state index contributed by atoms with van der Waals surface area (Å²) in [6.45, 7) is 1.82. The summed E-state index contributed by atoms with van der Waals surface area (Å²) in [5.74, 6) is -0.358. The van der Waals surface area contributed by atoms with Crippen LogP contribution in [0.15, 0.2) is 12.4 Å². The highest BCUT2D eigenvalue weighted by Crippen LogP contribution is 2.15. The smallest absolute Gasteiger partial charge is 0.339 e. The first kappa shape index (κ1) is 8.80. The highest BCUT2D eigenvalue weighted by Gasteiger charge is 2.14. The molecule has 0 aliphatic rings. The number of hydrogen-bond acceptors (Lipinski definition) is 3. The first-order chi connectivity index (χ1) is 5.66. The summed E-state index contributed by atoms with van der Waals surface area (Å²) in [5.41, 5.74) is 6.91. The Labute approximate surface area is 70.7 Å². The minimum Gasteiger partial charge on any atom is -0.465 e. The molecule has 0 aliphatic carbocycles. The molecule has 1 heterocycles. The molecule has 12 heavy (non-hydrogen) atoms. The molecular weight excluding hydrogens is 156 g/mol. The minimum absolute atomic E-state index is 0.162. The zero-order chi connectivity index (χ0) is 9.14. The number of methoxy groups -OCH3 is 1. The van der Waals surface area contributed by atoms with Crippen LogP contribution in [0.3, 0.4) is 0 Å². The molecule has 1 rings (SSSR count). The summed E-state index contributed by atoms with van der Waals surface area (Å²) in [6.07, 6.45) is 3.29. The Bertz CT molecular complexity index is 278. The van der Waals surface area contributed by atoms with Gasteiger partial charge in [0, 0.05) is 24.0 Å². The molecule has 0 radical (unpaired) electrons. The predicted octanol–water partition coefficient (Wildman–Crippen LogP) is 0.821. The van der Waals surface area contributed by atoms with Crippen LogP contribution in [0.25, 0.3) is 0 Å². The van der Waals surface area contributed by atoms with E-state index >= 15 is 0 Å². The highest BCUT2D eigenvalue weighted by atomic mass is 16.5. The van der Waals surface area contributed by atoms with E-state index in [2.05, 4.69) is 9.72 Å². The molecule has 0 bridgehead atoms. The quantitative estimate of drug-likeness (QED) is 0.642. The Hall–Kier alpha value is -1.29. The molecule has 0 unspecified atom stereocenters. The first-order valence-electron chi connectivity index (χ1n) is 3.67. The fraction of sp³-hybridized carbons (Fsp3) is 0.375. The molecule has 4 heteroatoms. The first-order valence-corrected chi connectivity index (χ1v) is 3.67. The molecular formula is C8H12N2O2. The Morgan fingerprint density at radius 3 is 2.83 bits per heavy atom. The van der Waals surface area contributed by atoms with Crippen LogP contribution in [0.5, 0.6) is 0 Å². The van der Waals surface area contributed by atoms with Crippen LogP contribution in [0.1, 0.15) is 28.9 Å². The van der Waals surface area contributed by atoms with Gasteiger partial charge in [-0.3, -0.25) is 0 Å². The standard InChI is InChI=1S/C8H12N2O2/c1-5(9)6-3-10-4-7(6)8(11)12-2/h3-5,10H,9H2,1-2H3/t5-/m1/s1. The molecule has 0 saturated carbocycles. The third kappa shape index (κ3) is 1.48. The van der Waals surface area contributed by atoms with Crippen molar-refractivity contribution in [3.63, 3.8) is 0 Å². The summed E-state index contributed by atoms with van der Waals surface area (Å²) in [6, 6.07) is -0.162. The van der Waals surface area contributed by atoms with E-state index < -0.39 is 0 Å². The van der Waals surface area contributed by atoms with Crippen LogP contribution < -0.4 is 5.73 Å². The lowest BCUT2D eigenvalue weighted by atomic mass is 10.1. The summed E-state index contributed by atoms with van der Waals surface area (Å²) >= 11 is 0. The van der Waals surface area contributed by atoms with Gasteiger partial charge in [0.15, 0.2) is 0 Å². The van der Waals surface area contributed by atoms with Crippen molar-refractivity contribution in [2.24, 2.45) is 5.73 Å². The number of aromatic amines is 1. The SMILES string of the molecule is COC(=O)c1c[nH]cc1[C@@H](C)N. The maximum Gasteiger partial charge on any atom is 0.339 e. The van der Waals surface area contributed by atoms with E-state index in [0.717, 1.165) is 5.56 Å². The van der Waals surface area contributed by atoms with E-state index in [4.69, 9.17) is 5.73 Å². The number of aromatic nitrogens is 1. The average Bonchev–Trinajstić information content (AvgIpc) is 2.50. The van der Waals surface area contributed by atoms with Crippen molar-refractivity contribution in [2.45, 2.75) is 13.0 Å². The van der Waals surface area contributed by atoms with Gasteiger partial charge in [0.2, 0.25) is 0 Å². The Morgan fingerprint density at radius 2 is 2.33 bits per heavy atom. The lowest BCUT2D eigenvalue weighted by molar-refractivity contribution is 0.0599. The molecule has 0 aliphatic heterocycles. The van der Waals surface area contributed by atoms with Gasteiger partial charge in [0.05, 0.1) is 12.7 Å². The van der Waals surface area contributed by atoms with Crippen LogP contribution in [-0.4, -0.2) is 18.1 Å². The number of carbonyl (C=O) groups is 1. The van der Waals surface area contributed by atoms with Crippen LogP contribution in [0.4, 0.5) is 0 Å². The zero-order valence-electron chi connectivity index (χ0n) is 7.13. The van der Waals surface area contributed by atoms with Gasteiger partial charge in [0.25, 0.3) is 0 Å². The Kier molecular flexibility index (Phi) is 2.50. The second-order valence-electron chi connectivity index (χ2n) is 2.60. The largest absolute Gasteiger partial charge is 0.465 e.